The standard InChI is InChI=1S/C25H26FN3O3/c1-28(2)25(31)20-15-22(27-21-6-4-3-5-19(20)21)23-16-29(13-14-32-23)24(30)12-9-17-7-10-18(26)11-8-17/h3-8,10-11,15,23H,9,12-14,16H2,1-2H3/t23-/m1/s1. The fourth-order valence-corrected chi connectivity index (χ4v) is 3.89. The monoisotopic (exact) mass is 435 g/mol. The zero-order valence-electron chi connectivity index (χ0n) is 18.3. The van der Waals surface area contributed by atoms with Crippen LogP contribution in [0.3, 0.4) is 0 Å². The Labute approximate surface area is 186 Å². The van der Waals surface area contributed by atoms with E-state index < -0.39 is 6.10 Å². The Morgan fingerprint density at radius 2 is 1.91 bits per heavy atom. The molecule has 1 atom stereocenters. The number of nitrogens with zero attached hydrogens (tertiary/aromatic N) is 3. The van der Waals surface area contributed by atoms with Gasteiger partial charge in [0.2, 0.25) is 5.91 Å². The third-order valence-corrected chi connectivity index (χ3v) is 5.66. The molecule has 2 amide bonds. The Morgan fingerprint density at radius 3 is 2.66 bits per heavy atom. The summed E-state index contributed by atoms with van der Waals surface area (Å²) in [6, 6.07) is 15.5. The molecule has 1 aliphatic rings. The highest BCUT2D eigenvalue weighted by Crippen LogP contribution is 2.27. The number of fused-ring (bicyclic) bond motifs is 1. The average molecular weight is 435 g/mol. The lowest BCUT2D eigenvalue weighted by molar-refractivity contribution is -0.139. The first-order valence-electron chi connectivity index (χ1n) is 10.7. The molecule has 4 rings (SSSR count). The summed E-state index contributed by atoms with van der Waals surface area (Å²) in [5.74, 6) is -0.369. The van der Waals surface area contributed by atoms with E-state index in [0.29, 0.717) is 43.8 Å². The molecule has 0 bridgehead atoms. The third-order valence-electron chi connectivity index (χ3n) is 5.66. The molecule has 166 valence electrons. The number of morpholine rings is 1. The molecule has 7 heteroatoms. The van der Waals surface area contributed by atoms with Gasteiger partial charge in [0.05, 0.1) is 29.9 Å². The van der Waals surface area contributed by atoms with Gasteiger partial charge >= 0.3 is 0 Å². The highest BCUT2D eigenvalue weighted by molar-refractivity contribution is 6.06. The molecule has 1 fully saturated rings. The Kier molecular flexibility index (Phi) is 6.46. The van der Waals surface area contributed by atoms with Crippen molar-refractivity contribution in [1.29, 1.82) is 0 Å². The molecule has 1 aromatic heterocycles. The molecule has 0 aliphatic carbocycles. The second-order valence-corrected chi connectivity index (χ2v) is 8.14. The van der Waals surface area contributed by atoms with Crippen LogP contribution in [0.2, 0.25) is 0 Å². The van der Waals surface area contributed by atoms with E-state index in [0.717, 1.165) is 16.5 Å². The van der Waals surface area contributed by atoms with Crippen LogP contribution in [-0.4, -0.2) is 60.4 Å². The number of hydrogen-bond acceptors (Lipinski definition) is 4. The first-order valence-corrected chi connectivity index (χ1v) is 10.7. The van der Waals surface area contributed by atoms with Crippen LogP contribution in [0.1, 0.15) is 34.1 Å². The predicted octanol–water partition coefficient (Wildman–Crippen LogP) is 3.61. The second kappa shape index (κ2) is 9.44. The summed E-state index contributed by atoms with van der Waals surface area (Å²) in [5, 5.41) is 0.790. The number of ether oxygens (including phenoxy) is 1. The molecule has 2 aromatic carbocycles. The Morgan fingerprint density at radius 1 is 1.16 bits per heavy atom. The van der Waals surface area contributed by atoms with Gasteiger partial charge in [-0.3, -0.25) is 9.59 Å². The van der Waals surface area contributed by atoms with Gasteiger partial charge in [0.15, 0.2) is 0 Å². The van der Waals surface area contributed by atoms with Crippen LogP contribution < -0.4 is 0 Å². The lowest BCUT2D eigenvalue weighted by atomic mass is 10.0. The van der Waals surface area contributed by atoms with Crippen molar-refractivity contribution >= 4 is 22.7 Å². The molecule has 1 aliphatic heterocycles. The largest absolute Gasteiger partial charge is 0.368 e. The fourth-order valence-electron chi connectivity index (χ4n) is 3.89. The summed E-state index contributed by atoms with van der Waals surface area (Å²) < 4.78 is 19.0. The number of hydrogen-bond donors (Lipinski definition) is 0. The van der Waals surface area contributed by atoms with Gasteiger partial charge in [-0.05, 0) is 36.2 Å². The molecular weight excluding hydrogens is 409 g/mol. The van der Waals surface area contributed by atoms with Crippen molar-refractivity contribution in [2.45, 2.75) is 18.9 Å². The molecule has 32 heavy (non-hydrogen) atoms. The number of aromatic nitrogens is 1. The van der Waals surface area contributed by atoms with Crippen molar-refractivity contribution in [3.05, 3.63) is 77.2 Å². The van der Waals surface area contributed by atoms with E-state index in [1.165, 1.54) is 12.1 Å². The van der Waals surface area contributed by atoms with E-state index in [1.54, 1.807) is 42.1 Å². The zero-order valence-corrected chi connectivity index (χ0v) is 18.3. The van der Waals surface area contributed by atoms with Gasteiger partial charge < -0.3 is 14.5 Å². The molecule has 0 saturated carbocycles. The number of benzene rings is 2. The minimum absolute atomic E-state index is 0.0213. The van der Waals surface area contributed by atoms with Gasteiger partial charge in [0, 0.05) is 32.4 Å². The lowest BCUT2D eigenvalue weighted by Crippen LogP contribution is -2.42. The van der Waals surface area contributed by atoms with Crippen LogP contribution in [-0.2, 0) is 16.0 Å². The Bertz CT molecular complexity index is 1130. The summed E-state index contributed by atoms with van der Waals surface area (Å²) in [4.78, 5) is 33.6. The predicted molar refractivity (Wildman–Crippen MR) is 120 cm³/mol. The first-order chi connectivity index (χ1) is 15.4. The topological polar surface area (TPSA) is 62.7 Å². The molecule has 1 saturated heterocycles. The molecule has 0 unspecified atom stereocenters. The van der Waals surface area contributed by atoms with Crippen LogP contribution in [0.25, 0.3) is 10.9 Å². The number of pyridine rings is 1. The fraction of sp³-hybridized carbons (Fsp3) is 0.320. The van der Waals surface area contributed by atoms with Crippen molar-refractivity contribution in [3.8, 4) is 0 Å². The van der Waals surface area contributed by atoms with Crippen molar-refractivity contribution in [2.75, 3.05) is 33.8 Å². The van der Waals surface area contributed by atoms with E-state index in [1.807, 2.05) is 24.3 Å². The third kappa shape index (κ3) is 4.78. The summed E-state index contributed by atoms with van der Waals surface area (Å²) in [5.41, 5.74) is 2.86. The zero-order chi connectivity index (χ0) is 22.7. The van der Waals surface area contributed by atoms with E-state index in [2.05, 4.69) is 0 Å². The minimum Gasteiger partial charge on any atom is -0.368 e. The summed E-state index contributed by atoms with van der Waals surface area (Å²) in [6.07, 6.45) is 0.488. The first kappa shape index (κ1) is 21.9. The number of carbonyl (C=O) groups excluding carboxylic acids is 2. The lowest BCUT2D eigenvalue weighted by Gasteiger charge is -2.33. The van der Waals surface area contributed by atoms with Crippen LogP contribution in [0.5, 0.6) is 0 Å². The van der Waals surface area contributed by atoms with Crippen molar-refractivity contribution in [3.63, 3.8) is 0 Å². The van der Waals surface area contributed by atoms with Crippen molar-refractivity contribution < 1.29 is 18.7 Å². The number of carbonyl (C=O) groups is 2. The normalized spacial score (nSPS) is 16.2. The van der Waals surface area contributed by atoms with Gasteiger partial charge in [0.25, 0.3) is 5.91 Å². The summed E-state index contributed by atoms with van der Waals surface area (Å²) in [6.45, 7) is 1.29. The molecule has 3 aromatic rings. The highest BCUT2D eigenvalue weighted by Gasteiger charge is 2.27. The maximum absolute atomic E-state index is 13.1. The number of halogens is 1. The minimum atomic E-state index is -0.406. The number of para-hydroxylation sites is 1. The summed E-state index contributed by atoms with van der Waals surface area (Å²) >= 11 is 0. The van der Waals surface area contributed by atoms with Gasteiger partial charge in [-0.15, -0.1) is 0 Å². The molecule has 6 nitrogen and oxygen atoms in total. The van der Waals surface area contributed by atoms with E-state index in [9.17, 15) is 14.0 Å². The molecular formula is C25H26FN3O3. The number of aryl methyl sites for hydroxylation is 1. The van der Waals surface area contributed by atoms with Crippen molar-refractivity contribution in [1.82, 2.24) is 14.8 Å². The van der Waals surface area contributed by atoms with Gasteiger partial charge in [-0.1, -0.05) is 30.3 Å². The SMILES string of the molecule is CN(C)C(=O)c1cc([C@H]2CN(C(=O)CCc3ccc(F)cc3)CCO2)nc2ccccc12. The Hall–Kier alpha value is -3.32. The van der Waals surface area contributed by atoms with Gasteiger partial charge in [-0.25, -0.2) is 9.37 Å². The maximum atomic E-state index is 13.1. The molecule has 2 heterocycles. The van der Waals surface area contributed by atoms with Crippen LogP contribution in [0.4, 0.5) is 4.39 Å². The van der Waals surface area contributed by atoms with Gasteiger partial charge in [-0.2, -0.15) is 0 Å². The van der Waals surface area contributed by atoms with Crippen LogP contribution in [0, 0.1) is 5.82 Å². The number of rotatable bonds is 5. The van der Waals surface area contributed by atoms with Crippen molar-refractivity contribution in [2.24, 2.45) is 0 Å². The van der Waals surface area contributed by atoms with E-state index >= 15 is 0 Å². The second-order valence-electron chi connectivity index (χ2n) is 8.14. The maximum Gasteiger partial charge on any atom is 0.254 e. The van der Waals surface area contributed by atoms with Crippen LogP contribution >= 0.6 is 0 Å². The number of amides is 2. The smallest absolute Gasteiger partial charge is 0.254 e. The molecule has 0 N–H and O–H groups in total. The highest BCUT2D eigenvalue weighted by atomic mass is 19.1. The van der Waals surface area contributed by atoms with Crippen LogP contribution in [0.15, 0.2) is 54.6 Å². The Balaban J connectivity index is 1.52. The summed E-state index contributed by atoms with van der Waals surface area (Å²) in [7, 11) is 3.44. The average Bonchev–Trinajstić information content (AvgIpc) is 2.82. The van der Waals surface area contributed by atoms with Gasteiger partial charge in [0.1, 0.15) is 11.9 Å². The van der Waals surface area contributed by atoms with E-state index in [4.69, 9.17) is 9.72 Å². The molecule has 0 spiro atoms. The quantitative estimate of drug-likeness (QED) is 0.614. The molecule has 0 radical (unpaired) electrons. The van der Waals surface area contributed by atoms with E-state index in [-0.39, 0.29) is 17.6 Å².